The minimum atomic E-state index is -0.440. The van der Waals surface area contributed by atoms with Crippen LogP contribution in [0.15, 0.2) is 24.3 Å². The predicted molar refractivity (Wildman–Crippen MR) is 50.8 cm³/mol. The van der Waals surface area contributed by atoms with Crippen LogP contribution < -0.4 is 0 Å². The molecule has 0 aliphatic heterocycles. The standard InChI is InChI=1S/C10H7NO3/c12-10-4-2-7-5-9(11(13)14)3-1-8(7)6-10/h1-5H,6H2. The smallest absolute Gasteiger partial charge is 0.270 e. The highest BCUT2D eigenvalue weighted by Gasteiger charge is 2.13. The minimum absolute atomic E-state index is 0.0337. The number of hydrogen-bond donors (Lipinski definition) is 0. The molecule has 0 aromatic heterocycles. The summed E-state index contributed by atoms with van der Waals surface area (Å²) in [5, 5.41) is 10.5. The number of nitrogens with zero attached hydrogens (tertiary/aromatic N) is 1. The number of ketones is 1. The van der Waals surface area contributed by atoms with E-state index in [9.17, 15) is 14.9 Å². The molecule has 0 heterocycles. The van der Waals surface area contributed by atoms with Gasteiger partial charge in [0.05, 0.1) is 4.92 Å². The van der Waals surface area contributed by atoms with E-state index in [-0.39, 0.29) is 11.5 Å². The first-order chi connectivity index (χ1) is 6.66. The summed E-state index contributed by atoms with van der Waals surface area (Å²) in [6.07, 6.45) is 3.41. The summed E-state index contributed by atoms with van der Waals surface area (Å²) in [4.78, 5) is 21.0. The van der Waals surface area contributed by atoms with E-state index in [1.807, 2.05) is 0 Å². The van der Waals surface area contributed by atoms with Crippen LogP contribution in [0.3, 0.4) is 0 Å². The molecule has 0 radical (unpaired) electrons. The molecule has 1 aliphatic carbocycles. The average molecular weight is 189 g/mol. The van der Waals surface area contributed by atoms with Gasteiger partial charge in [-0.05, 0) is 17.2 Å². The van der Waals surface area contributed by atoms with Crippen molar-refractivity contribution in [2.24, 2.45) is 0 Å². The Bertz CT molecular complexity index is 449. The quantitative estimate of drug-likeness (QED) is 0.499. The summed E-state index contributed by atoms with van der Waals surface area (Å²) in [6.45, 7) is 0. The fourth-order valence-electron chi connectivity index (χ4n) is 1.44. The predicted octanol–water partition coefficient (Wildman–Crippen LogP) is 1.73. The number of benzene rings is 1. The minimum Gasteiger partial charge on any atom is -0.294 e. The normalized spacial score (nSPS) is 13.9. The number of carbonyl (C=O) groups is 1. The van der Waals surface area contributed by atoms with Gasteiger partial charge in [0.25, 0.3) is 5.69 Å². The number of hydrogen-bond acceptors (Lipinski definition) is 3. The molecule has 0 unspecified atom stereocenters. The van der Waals surface area contributed by atoms with E-state index in [0.29, 0.717) is 6.42 Å². The summed E-state index contributed by atoms with van der Waals surface area (Å²) in [5.41, 5.74) is 1.67. The van der Waals surface area contributed by atoms with Gasteiger partial charge in [-0.1, -0.05) is 12.1 Å². The number of fused-ring (bicyclic) bond motifs is 1. The molecule has 0 bridgehead atoms. The third-order valence-electron chi connectivity index (χ3n) is 2.15. The van der Waals surface area contributed by atoms with Crippen LogP contribution in [0.1, 0.15) is 11.1 Å². The van der Waals surface area contributed by atoms with Crippen LogP contribution in [0.25, 0.3) is 6.08 Å². The zero-order valence-electron chi connectivity index (χ0n) is 7.27. The summed E-state index contributed by atoms with van der Waals surface area (Å²) in [5.74, 6) is 0.0337. The van der Waals surface area contributed by atoms with Crippen LogP contribution in [0.2, 0.25) is 0 Å². The number of non-ortho nitro benzene ring substituents is 1. The van der Waals surface area contributed by atoms with Gasteiger partial charge in [0.1, 0.15) is 0 Å². The Morgan fingerprint density at radius 3 is 2.79 bits per heavy atom. The van der Waals surface area contributed by atoms with E-state index in [0.717, 1.165) is 11.1 Å². The van der Waals surface area contributed by atoms with Crippen LogP contribution in [-0.4, -0.2) is 10.7 Å². The lowest BCUT2D eigenvalue weighted by molar-refractivity contribution is -0.384. The molecule has 0 saturated heterocycles. The molecule has 0 atom stereocenters. The summed E-state index contributed by atoms with van der Waals surface area (Å²) in [7, 11) is 0. The van der Waals surface area contributed by atoms with Crippen LogP contribution in [0.4, 0.5) is 5.69 Å². The van der Waals surface area contributed by atoms with Crippen molar-refractivity contribution < 1.29 is 9.72 Å². The fourth-order valence-corrected chi connectivity index (χ4v) is 1.44. The molecule has 0 N–H and O–H groups in total. The Kier molecular flexibility index (Phi) is 1.89. The van der Waals surface area contributed by atoms with E-state index < -0.39 is 4.92 Å². The van der Waals surface area contributed by atoms with Gasteiger partial charge in [-0.25, -0.2) is 0 Å². The van der Waals surface area contributed by atoms with Crippen molar-refractivity contribution in [1.29, 1.82) is 0 Å². The molecule has 0 spiro atoms. The Hall–Kier alpha value is -1.97. The maximum absolute atomic E-state index is 11.0. The Morgan fingerprint density at radius 2 is 2.07 bits per heavy atom. The fraction of sp³-hybridized carbons (Fsp3) is 0.100. The van der Waals surface area contributed by atoms with Crippen molar-refractivity contribution in [3.8, 4) is 0 Å². The maximum atomic E-state index is 11.0. The first-order valence-electron chi connectivity index (χ1n) is 4.15. The number of nitro groups is 1. The number of nitro benzene ring substituents is 1. The van der Waals surface area contributed by atoms with Crippen LogP contribution in [0, 0.1) is 10.1 Å². The van der Waals surface area contributed by atoms with Gasteiger partial charge in [0.2, 0.25) is 0 Å². The zero-order valence-corrected chi connectivity index (χ0v) is 7.27. The lowest BCUT2D eigenvalue weighted by Crippen LogP contribution is -2.05. The van der Waals surface area contributed by atoms with Crippen molar-refractivity contribution in [1.82, 2.24) is 0 Å². The number of carbonyl (C=O) groups excluding carboxylic acids is 1. The Balaban J connectivity index is 2.49. The maximum Gasteiger partial charge on any atom is 0.270 e. The summed E-state index contributed by atoms with van der Waals surface area (Å²) >= 11 is 0. The second kappa shape index (κ2) is 3.06. The zero-order chi connectivity index (χ0) is 10.1. The van der Waals surface area contributed by atoms with Crippen LogP contribution in [0.5, 0.6) is 0 Å². The topological polar surface area (TPSA) is 60.2 Å². The SMILES string of the molecule is O=C1C=Cc2cc([N+](=O)[O-])ccc2C1. The van der Waals surface area contributed by atoms with E-state index in [1.54, 1.807) is 12.1 Å². The lowest BCUT2D eigenvalue weighted by Gasteiger charge is -2.07. The molecule has 1 aliphatic rings. The number of allylic oxidation sites excluding steroid dienone is 1. The first kappa shape index (κ1) is 8.62. The second-order valence-corrected chi connectivity index (χ2v) is 3.12. The van der Waals surface area contributed by atoms with Gasteiger partial charge in [-0.3, -0.25) is 14.9 Å². The third-order valence-corrected chi connectivity index (χ3v) is 2.15. The Labute approximate surface area is 80.0 Å². The number of rotatable bonds is 1. The molecule has 4 nitrogen and oxygen atoms in total. The molecule has 14 heavy (non-hydrogen) atoms. The van der Waals surface area contributed by atoms with E-state index in [1.165, 1.54) is 18.2 Å². The van der Waals surface area contributed by atoms with Gasteiger partial charge in [-0.15, -0.1) is 0 Å². The molecule has 0 fully saturated rings. The van der Waals surface area contributed by atoms with Crippen LogP contribution >= 0.6 is 0 Å². The van der Waals surface area contributed by atoms with E-state index in [2.05, 4.69) is 0 Å². The lowest BCUT2D eigenvalue weighted by atomic mass is 9.96. The van der Waals surface area contributed by atoms with E-state index in [4.69, 9.17) is 0 Å². The van der Waals surface area contributed by atoms with Crippen LogP contribution in [-0.2, 0) is 11.2 Å². The van der Waals surface area contributed by atoms with Gasteiger partial charge in [0.15, 0.2) is 5.78 Å². The molecule has 4 heteroatoms. The molecule has 1 aromatic carbocycles. The van der Waals surface area contributed by atoms with Gasteiger partial charge < -0.3 is 0 Å². The van der Waals surface area contributed by atoms with Crippen molar-refractivity contribution in [2.75, 3.05) is 0 Å². The highest BCUT2D eigenvalue weighted by atomic mass is 16.6. The second-order valence-electron chi connectivity index (χ2n) is 3.12. The summed E-state index contributed by atoms with van der Waals surface area (Å²) < 4.78 is 0. The van der Waals surface area contributed by atoms with Crippen molar-refractivity contribution in [3.63, 3.8) is 0 Å². The highest BCUT2D eigenvalue weighted by Crippen LogP contribution is 2.22. The molecule has 0 amide bonds. The average Bonchev–Trinajstić information content (AvgIpc) is 2.16. The first-order valence-corrected chi connectivity index (χ1v) is 4.15. The van der Waals surface area contributed by atoms with E-state index >= 15 is 0 Å². The molecule has 1 aromatic rings. The monoisotopic (exact) mass is 189 g/mol. The molecular weight excluding hydrogens is 182 g/mol. The van der Waals surface area contributed by atoms with Gasteiger partial charge in [-0.2, -0.15) is 0 Å². The van der Waals surface area contributed by atoms with Crippen molar-refractivity contribution >= 4 is 17.5 Å². The molecule has 2 rings (SSSR count). The van der Waals surface area contributed by atoms with Crippen molar-refractivity contribution in [2.45, 2.75) is 6.42 Å². The Morgan fingerprint density at radius 1 is 1.29 bits per heavy atom. The van der Waals surface area contributed by atoms with Crippen molar-refractivity contribution in [3.05, 3.63) is 45.5 Å². The molecule has 0 saturated carbocycles. The third kappa shape index (κ3) is 1.42. The van der Waals surface area contributed by atoms with Gasteiger partial charge in [0, 0.05) is 18.6 Å². The summed E-state index contributed by atoms with van der Waals surface area (Å²) in [6, 6.07) is 4.54. The van der Waals surface area contributed by atoms with Gasteiger partial charge >= 0.3 is 0 Å². The highest BCUT2D eigenvalue weighted by molar-refractivity contribution is 5.98. The largest absolute Gasteiger partial charge is 0.294 e. The molecular formula is C10H7NO3. The molecule has 70 valence electrons.